The maximum absolute atomic E-state index is 12.2. The summed E-state index contributed by atoms with van der Waals surface area (Å²) < 4.78 is 0. The minimum atomic E-state index is -0.631. The first-order valence-corrected chi connectivity index (χ1v) is 15.8. The fraction of sp³-hybridized carbons (Fsp3) is 0. The Hall–Kier alpha value is -7.05. The number of carbonyl (C=O) groups excluding carboxylic acids is 4. The molecule has 1 radical (unpaired) electrons. The number of aliphatic imine (C=N–C) groups is 6. The molecule has 8 bridgehead atoms. The number of hydrogen-bond donors (Lipinski definition) is 6. The first-order chi connectivity index (χ1) is 25.0. The topological polar surface area (TPSA) is 280 Å². The second-order valence-corrected chi connectivity index (χ2v) is 12.3. The smallest absolute Gasteiger partial charge is 0.366 e. The van der Waals surface area contributed by atoms with Crippen LogP contribution in [-0.2, 0) is 16.8 Å². The fourth-order valence-corrected chi connectivity index (χ4v) is 6.60. The third-order valence-electron chi connectivity index (χ3n) is 9.16. The molecule has 5 aliphatic rings. The number of rotatable bonds is 4. The number of hydrogen-bond acceptors (Lipinski definition) is 10. The van der Waals surface area contributed by atoms with E-state index < -0.39 is 23.6 Å². The predicted octanol–water partition coefficient (Wildman–Crippen LogP) is -3.01. The Bertz CT molecular complexity index is 2810. The number of amides is 4. The van der Waals surface area contributed by atoms with Gasteiger partial charge in [-0.05, 0) is 72.8 Å². The fourth-order valence-electron chi connectivity index (χ4n) is 6.60. The number of nitrogens with zero attached hydrogens (tertiary/aromatic N) is 6. The Morgan fingerprint density at radius 2 is 0.792 bits per heavy atom. The van der Waals surface area contributed by atoms with E-state index >= 15 is 0 Å². The molecular weight excluding hydrogens is 723 g/mol. The van der Waals surface area contributed by atoms with E-state index in [1.54, 1.807) is 83.4 Å². The van der Waals surface area contributed by atoms with Gasteiger partial charge in [0.15, 0.2) is 23.3 Å². The Morgan fingerprint density at radius 3 is 1.34 bits per heavy atom. The first kappa shape index (κ1) is 33.1. The summed E-state index contributed by atoms with van der Waals surface area (Å²) in [6, 6.07) is 19.6. The first-order valence-electron chi connectivity index (χ1n) is 15.8. The molecule has 0 aliphatic carbocycles. The molecular formula is C36H24CoN12O4+4. The zero-order valence-corrected chi connectivity index (χ0v) is 28.1. The van der Waals surface area contributed by atoms with Gasteiger partial charge in [-0.15, -0.1) is 0 Å². The van der Waals surface area contributed by atoms with Crippen molar-refractivity contribution < 1.29 is 46.6 Å². The molecule has 5 heterocycles. The van der Waals surface area contributed by atoms with E-state index in [1.807, 2.05) is 0 Å². The largest absolute Gasteiger partial charge is 2.00 e. The summed E-state index contributed by atoms with van der Waals surface area (Å²) in [6.45, 7) is 0. The number of primary amides is 4. The van der Waals surface area contributed by atoms with Crippen LogP contribution in [0.1, 0.15) is 74.8 Å². The molecule has 4 amide bonds. The van der Waals surface area contributed by atoms with Crippen LogP contribution in [0.15, 0.2) is 103 Å². The summed E-state index contributed by atoms with van der Waals surface area (Å²) >= 11 is 0. The second-order valence-electron chi connectivity index (χ2n) is 12.3. The van der Waals surface area contributed by atoms with E-state index in [2.05, 4.69) is 0 Å². The van der Waals surface area contributed by atoms with Gasteiger partial charge in [0.05, 0.1) is 21.6 Å². The summed E-state index contributed by atoms with van der Waals surface area (Å²) in [4.78, 5) is 78.4. The number of benzene rings is 4. The Balaban J connectivity index is 0.00000400. The minimum Gasteiger partial charge on any atom is -0.366 e. The van der Waals surface area contributed by atoms with Crippen LogP contribution in [0.3, 0.4) is 0 Å². The van der Waals surface area contributed by atoms with Gasteiger partial charge in [-0.1, -0.05) is 0 Å². The van der Waals surface area contributed by atoms with Crippen molar-refractivity contribution in [2.45, 2.75) is 0 Å². The van der Waals surface area contributed by atoms with Gasteiger partial charge in [0, 0.05) is 44.5 Å². The van der Waals surface area contributed by atoms with Gasteiger partial charge in [0.25, 0.3) is 0 Å². The van der Waals surface area contributed by atoms with Crippen LogP contribution in [0, 0.1) is 0 Å². The Morgan fingerprint density at radius 1 is 0.396 bits per heavy atom. The van der Waals surface area contributed by atoms with Crippen molar-refractivity contribution in [2.24, 2.45) is 52.9 Å². The molecule has 257 valence electrons. The Labute approximate surface area is 307 Å². The van der Waals surface area contributed by atoms with Crippen LogP contribution < -0.4 is 44.0 Å². The molecule has 53 heavy (non-hydrogen) atoms. The molecule has 5 aliphatic heterocycles. The molecule has 0 saturated carbocycles. The number of amidine groups is 6. The van der Waals surface area contributed by atoms with Crippen molar-refractivity contribution in [1.82, 2.24) is 0 Å². The number of quaternary nitrogens is 2. The molecule has 4 aromatic rings. The average Bonchev–Trinajstić information content (AvgIpc) is 3.85. The third-order valence-corrected chi connectivity index (χ3v) is 9.16. The van der Waals surface area contributed by atoms with Crippen molar-refractivity contribution in [3.05, 3.63) is 139 Å². The predicted molar refractivity (Wildman–Crippen MR) is 189 cm³/mol. The maximum atomic E-state index is 12.2. The van der Waals surface area contributed by atoms with Crippen molar-refractivity contribution in [1.29, 1.82) is 0 Å². The standard InChI is InChI=1S/C36H22N12O4.Co/c37-25(49)13-1-5-17-21(9-13)33-41-29(17)45-34-22-10-14(26(38)50)2-6-18(22)31(42-34)47-36-24-12-16(28(40)52)4-8-20(24)32(44-36)48-35-23-11-15(27(39)51)3-7-19(23)30(43-35)46-33;/h1-12H,(H2,37,49)(H2,38,50)(H2,39,51)(H2,40,52)(H2,41,42,43,44,45,46,47,48);/q;+2/p+2. The molecule has 0 aromatic heterocycles. The molecule has 0 fully saturated rings. The van der Waals surface area contributed by atoms with Gasteiger partial charge in [-0.3, -0.25) is 19.2 Å². The molecule has 0 spiro atoms. The van der Waals surface area contributed by atoms with Crippen LogP contribution in [0.4, 0.5) is 0 Å². The van der Waals surface area contributed by atoms with Crippen molar-refractivity contribution in [3.63, 3.8) is 0 Å². The van der Waals surface area contributed by atoms with Crippen LogP contribution in [0.5, 0.6) is 0 Å². The zero-order valence-electron chi connectivity index (χ0n) is 27.0. The normalized spacial score (nSPS) is 15.7. The Kier molecular flexibility index (Phi) is 7.52. The van der Waals surface area contributed by atoms with Gasteiger partial charge in [0.1, 0.15) is 0 Å². The SMILES string of the molecule is NC(=O)c1ccc2c(c1)C1=NC2=NC2=c3cc(C(N)=O)ccc3=C(N=C3N=C(N=C4[NH2+]C(=N1)c1ccc(C(N)=O)cc14)c1ccc(C(N)=O)cc13)[NH2+]2.[Co+2]. The molecule has 17 heteroatoms. The maximum Gasteiger partial charge on any atom is 2.00 e. The average molecular weight is 748 g/mol. The van der Waals surface area contributed by atoms with Crippen LogP contribution in [0.2, 0.25) is 0 Å². The van der Waals surface area contributed by atoms with Gasteiger partial charge in [-0.25, -0.2) is 20.6 Å². The number of fused-ring (bicyclic) bond motifs is 16. The van der Waals surface area contributed by atoms with E-state index in [4.69, 9.17) is 52.9 Å². The molecule has 0 saturated heterocycles. The van der Waals surface area contributed by atoms with E-state index in [9.17, 15) is 19.2 Å². The molecule has 9 rings (SSSR count). The van der Waals surface area contributed by atoms with Gasteiger partial charge in [0.2, 0.25) is 46.9 Å². The summed E-state index contributed by atoms with van der Waals surface area (Å²) in [7, 11) is 0. The van der Waals surface area contributed by atoms with Crippen LogP contribution >= 0.6 is 0 Å². The summed E-state index contributed by atoms with van der Waals surface area (Å²) in [5.41, 5.74) is 27.0. The molecule has 4 aromatic carbocycles. The van der Waals surface area contributed by atoms with Crippen molar-refractivity contribution >= 4 is 70.3 Å². The monoisotopic (exact) mass is 747 g/mol. The van der Waals surface area contributed by atoms with E-state index in [0.29, 0.717) is 67.1 Å². The number of nitrogens with two attached hydrogens (primary N) is 6. The zero-order chi connectivity index (χ0) is 36.0. The van der Waals surface area contributed by atoms with Gasteiger partial charge >= 0.3 is 16.8 Å². The van der Waals surface area contributed by atoms with Crippen LogP contribution in [-0.4, -0.2) is 58.6 Å². The molecule has 0 atom stereocenters. The third kappa shape index (κ3) is 5.31. The summed E-state index contributed by atoms with van der Waals surface area (Å²) in [5, 5.41) is 4.66. The quantitative estimate of drug-likeness (QED) is 0.127. The van der Waals surface area contributed by atoms with E-state index in [-0.39, 0.29) is 62.4 Å². The molecule has 12 N–H and O–H groups in total. The van der Waals surface area contributed by atoms with Gasteiger partial charge < -0.3 is 22.9 Å². The second kappa shape index (κ2) is 12.0. The minimum absolute atomic E-state index is 0. The van der Waals surface area contributed by atoms with Crippen LogP contribution in [0.25, 0.3) is 11.6 Å². The molecule has 16 nitrogen and oxygen atoms in total. The molecule has 0 unspecified atom stereocenters. The van der Waals surface area contributed by atoms with E-state index in [1.165, 1.54) is 0 Å². The van der Waals surface area contributed by atoms with Crippen molar-refractivity contribution in [3.8, 4) is 0 Å². The van der Waals surface area contributed by atoms with E-state index in [0.717, 1.165) is 0 Å². The summed E-state index contributed by atoms with van der Waals surface area (Å²) in [5.74, 6) is 0.302. The number of carbonyl (C=O) groups is 4. The summed E-state index contributed by atoms with van der Waals surface area (Å²) in [6.07, 6.45) is 0. The van der Waals surface area contributed by atoms with Gasteiger partial charge in [-0.2, -0.15) is 20.0 Å². The van der Waals surface area contributed by atoms with Crippen molar-refractivity contribution in [2.75, 3.05) is 0 Å².